The second-order valence-electron chi connectivity index (χ2n) is 4.66. The van der Waals surface area contributed by atoms with Crippen molar-refractivity contribution in [2.45, 2.75) is 20.4 Å². The zero-order chi connectivity index (χ0) is 14.0. The van der Waals surface area contributed by atoms with Gasteiger partial charge in [-0.25, -0.2) is 0 Å². The molecular weight excluding hydrogens is 268 g/mol. The van der Waals surface area contributed by atoms with Crippen LogP contribution >= 0.6 is 11.6 Å². The number of benzene rings is 1. The van der Waals surface area contributed by atoms with Crippen LogP contribution in [0.1, 0.15) is 13.8 Å². The summed E-state index contributed by atoms with van der Waals surface area (Å²) in [4.78, 5) is 10.4. The number of nitrogens with zero attached hydrogens (tertiary/aromatic N) is 4. The largest absolute Gasteiger partial charge is 0.313 e. The van der Waals surface area contributed by atoms with Crippen molar-refractivity contribution in [3.05, 3.63) is 39.7 Å². The third-order valence-corrected chi connectivity index (χ3v) is 2.75. The fourth-order valence-electron chi connectivity index (χ4n) is 1.81. The molecule has 0 fully saturated rings. The summed E-state index contributed by atoms with van der Waals surface area (Å²) in [6.07, 6.45) is 1.61. The highest BCUT2D eigenvalue weighted by Gasteiger charge is 2.14. The number of aromatic nitrogens is 3. The summed E-state index contributed by atoms with van der Waals surface area (Å²) in [7, 11) is 0. The van der Waals surface area contributed by atoms with Crippen LogP contribution in [0.25, 0.3) is 11.4 Å². The van der Waals surface area contributed by atoms with Crippen molar-refractivity contribution >= 4 is 17.3 Å². The van der Waals surface area contributed by atoms with E-state index in [4.69, 9.17) is 11.6 Å². The second kappa shape index (κ2) is 5.36. The van der Waals surface area contributed by atoms with E-state index < -0.39 is 4.92 Å². The highest BCUT2D eigenvalue weighted by Crippen LogP contribution is 2.27. The molecule has 6 nitrogen and oxygen atoms in total. The second-order valence-corrected chi connectivity index (χ2v) is 5.09. The van der Waals surface area contributed by atoms with Crippen LogP contribution in [0.5, 0.6) is 0 Å². The molecule has 2 aromatic rings. The predicted octanol–water partition coefficient (Wildman–Crippen LogP) is 3.16. The fourth-order valence-corrected chi connectivity index (χ4v) is 2.04. The average molecular weight is 281 g/mol. The van der Waals surface area contributed by atoms with Crippen molar-refractivity contribution in [3.8, 4) is 11.4 Å². The Labute approximate surface area is 115 Å². The van der Waals surface area contributed by atoms with Crippen LogP contribution in [0.2, 0.25) is 5.02 Å². The van der Waals surface area contributed by atoms with Crippen LogP contribution in [0.15, 0.2) is 24.5 Å². The summed E-state index contributed by atoms with van der Waals surface area (Å²) in [5.74, 6) is 1.00. The topological polar surface area (TPSA) is 73.8 Å². The highest BCUT2D eigenvalue weighted by molar-refractivity contribution is 6.31. The molecule has 1 heterocycles. The average Bonchev–Trinajstić information content (AvgIpc) is 2.75. The summed E-state index contributed by atoms with van der Waals surface area (Å²) in [6, 6.07) is 4.41. The van der Waals surface area contributed by atoms with Crippen LogP contribution in [0.3, 0.4) is 0 Å². The monoisotopic (exact) mass is 280 g/mol. The van der Waals surface area contributed by atoms with Gasteiger partial charge in [-0.2, -0.15) is 0 Å². The first kappa shape index (κ1) is 13.5. The number of hydrogen-bond donors (Lipinski definition) is 0. The van der Waals surface area contributed by atoms with Gasteiger partial charge in [0.25, 0.3) is 5.69 Å². The molecule has 0 saturated carbocycles. The number of halogens is 1. The molecule has 0 atom stereocenters. The van der Waals surface area contributed by atoms with E-state index in [1.165, 1.54) is 12.1 Å². The molecule has 0 radical (unpaired) electrons. The molecule has 0 saturated heterocycles. The lowest BCUT2D eigenvalue weighted by atomic mass is 10.1. The molecule has 0 N–H and O–H groups in total. The molecule has 0 aliphatic rings. The Kier molecular flexibility index (Phi) is 3.80. The minimum absolute atomic E-state index is 0.0541. The first-order valence-electron chi connectivity index (χ1n) is 5.80. The van der Waals surface area contributed by atoms with Crippen molar-refractivity contribution < 1.29 is 4.92 Å². The van der Waals surface area contributed by atoms with Gasteiger partial charge in [-0.15, -0.1) is 10.2 Å². The minimum atomic E-state index is -0.474. The number of nitro groups is 1. The molecule has 0 unspecified atom stereocenters. The van der Waals surface area contributed by atoms with E-state index in [2.05, 4.69) is 24.0 Å². The number of rotatable bonds is 4. The van der Waals surface area contributed by atoms with E-state index in [9.17, 15) is 10.1 Å². The summed E-state index contributed by atoms with van der Waals surface area (Å²) in [5, 5.41) is 19.0. The Balaban J connectivity index is 2.47. The molecular formula is C12H13ClN4O2. The zero-order valence-corrected chi connectivity index (χ0v) is 11.3. The molecule has 19 heavy (non-hydrogen) atoms. The van der Waals surface area contributed by atoms with Crippen molar-refractivity contribution in [3.63, 3.8) is 0 Å². The molecule has 7 heteroatoms. The van der Waals surface area contributed by atoms with E-state index in [1.54, 1.807) is 12.4 Å². The van der Waals surface area contributed by atoms with Gasteiger partial charge in [0.2, 0.25) is 0 Å². The van der Waals surface area contributed by atoms with Crippen molar-refractivity contribution in [2.24, 2.45) is 5.92 Å². The smallest absolute Gasteiger partial charge is 0.271 e. The minimum Gasteiger partial charge on any atom is -0.313 e. The highest BCUT2D eigenvalue weighted by atomic mass is 35.5. The van der Waals surface area contributed by atoms with Gasteiger partial charge in [0.1, 0.15) is 6.33 Å². The molecule has 0 bridgehead atoms. The molecule has 1 aromatic heterocycles. The Morgan fingerprint density at radius 1 is 1.42 bits per heavy atom. The van der Waals surface area contributed by atoms with Crippen LogP contribution in [-0.4, -0.2) is 19.7 Å². The summed E-state index contributed by atoms with van der Waals surface area (Å²) in [6.45, 7) is 4.89. The van der Waals surface area contributed by atoms with E-state index in [-0.39, 0.29) is 5.69 Å². The van der Waals surface area contributed by atoms with E-state index in [1.807, 2.05) is 4.57 Å². The third-order valence-electron chi connectivity index (χ3n) is 2.53. The molecule has 1 aromatic carbocycles. The molecule has 0 spiro atoms. The lowest BCUT2D eigenvalue weighted by Crippen LogP contribution is -2.05. The summed E-state index contributed by atoms with van der Waals surface area (Å²) < 4.78 is 1.86. The van der Waals surface area contributed by atoms with Crippen LogP contribution in [0.4, 0.5) is 5.69 Å². The van der Waals surface area contributed by atoms with Gasteiger partial charge in [0, 0.05) is 29.3 Å². The van der Waals surface area contributed by atoms with Crippen molar-refractivity contribution in [1.82, 2.24) is 14.8 Å². The molecule has 0 aliphatic carbocycles. The molecule has 100 valence electrons. The first-order chi connectivity index (χ1) is 8.97. The summed E-state index contributed by atoms with van der Waals surface area (Å²) >= 11 is 5.91. The molecule has 2 rings (SSSR count). The van der Waals surface area contributed by atoms with E-state index in [0.29, 0.717) is 22.3 Å². The van der Waals surface area contributed by atoms with Gasteiger partial charge >= 0.3 is 0 Å². The fraction of sp³-hybridized carbons (Fsp3) is 0.333. The van der Waals surface area contributed by atoms with Crippen molar-refractivity contribution in [2.75, 3.05) is 0 Å². The van der Waals surface area contributed by atoms with Gasteiger partial charge in [0.05, 0.1) is 4.92 Å². The first-order valence-corrected chi connectivity index (χ1v) is 6.18. The third kappa shape index (κ3) is 3.08. The van der Waals surface area contributed by atoms with Crippen LogP contribution in [0, 0.1) is 16.0 Å². The SMILES string of the molecule is CC(C)Cn1cnnc1-c1cc(Cl)cc([N+](=O)[O-])c1. The van der Waals surface area contributed by atoms with Crippen molar-refractivity contribution in [1.29, 1.82) is 0 Å². The normalized spacial score (nSPS) is 10.9. The van der Waals surface area contributed by atoms with Crippen LogP contribution < -0.4 is 0 Å². The number of non-ortho nitro benzene ring substituents is 1. The zero-order valence-electron chi connectivity index (χ0n) is 10.6. The lowest BCUT2D eigenvalue weighted by molar-refractivity contribution is -0.384. The maximum Gasteiger partial charge on any atom is 0.271 e. The quantitative estimate of drug-likeness (QED) is 0.637. The number of hydrogen-bond acceptors (Lipinski definition) is 4. The Morgan fingerprint density at radius 2 is 2.16 bits per heavy atom. The number of nitro benzene ring substituents is 1. The molecule has 0 amide bonds. The Bertz CT molecular complexity index is 610. The van der Waals surface area contributed by atoms with Gasteiger partial charge in [0.15, 0.2) is 5.82 Å². The van der Waals surface area contributed by atoms with Gasteiger partial charge in [-0.05, 0) is 12.0 Å². The molecule has 0 aliphatic heterocycles. The standard InChI is InChI=1S/C12H13ClN4O2/c1-8(2)6-16-7-14-15-12(16)9-3-10(13)5-11(4-9)17(18)19/h3-5,7-8H,6H2,1-2H3. The van der Waals surface area contributed by atoms with E-state index in [0.717, 1.165) is 6.54 Å². The predicted molar refractivity (Wildman–Crippen MR) is 72.0 cm³/mol. The van der Waals surface area contributed by atoms with E-state index >= 15 is 0 Å². The lowest BCUT2D eigenvalue weighted by Gasteiger charge is -2.09. The van der Waals surface area contributed by atoms with Gasteiger partial charge in [-0.1, -0.05) is 25.4 Å². The van der Waals surface area contributed by atoms with Gasteiger partial charge in [-0.3, -0.25) is 10.1 Å². The maximum absolute atomic E-state index is 10.8. The Morgan fingerprint density at radius 3 is 2.79 bits per heavy atom. The Hall–Kier alpha value is -1.95. The van der Waals surface area contributed by atoms with Gasteiger partial charge < -0.3 is 4.57 Å². The summed E-state index contributed by atoms with van der Waals surface area (Å²) in [5.41, 5.74) is 0.541. The maximum atomic E-state index is 10.8. The van der Waals surface area contributed by atoms with Crippen LogP contribution in [-0.2, 0) is 6.54 Å².